The first kappa shape index (κ1) is 13.6. The highest BCUT2D eigenvalue weighted by Gasteiger charge is 2.18. The molecular weight excluding hydrogens is 362 g/mol. The number of rotatable bonds is 4. The van der Waals surface area contributed by atoms with Crippen molar-refractivity contribution in [2.45, 2.75) is 19.9 Å². The monoisotopic (exact) mass is 373 g/mol. The van der Waals surface area contributed by atoms with E-state index in [1.807, 2.05) is 25.1 Å². The molecule has 0 saturated carbocycles. The lowest BCUT2D eigenvalue weighted by molar-refractivity contribution is 0.550. The van der Waals surface area contributed by atoms with Crippen LogP contribution >= 0.6 is 31.9 Å². The van der Waals surface area contributed by atoms with E-state index in [0.717, 1.165) is 27.0 Å². The molecule has 2 aromatic rings. The maximum Gasteiger partial charge on any atom is 0.173 e. The lowest BCUT2D eigenvalue weighted by atomic mass is 10.3. The van der Waals surface area contributed by atoms with Crippen molar-refractivity contribution >= 4 is 31.9 Å². The molecule has 0 aliphatic heterocycles. The summed E-state index contributed by atoms with van der Waals surface area (Å²) in [5.41, 5.74) is 0.905. The standard InChI is InChI=1S/C11H13Br2N5/c1-3-14-7(2)11-15-16-17-18(11)10-8(12)5-4-6-9(10)13/h4-7,14H,3H2,1-2H3. The van der Waals surface area contributed by atoms with Crippen LogP contribution in [0.4, 0.5) is 0 Å². The Kier molecular flexibility index (Phi) is 4.47. The van der Waals surface area contributed by atoms with Crippen molar-refractivity contribution < 1.29 is 0 Å². The summed E-state index contributed by atoms with van der Waals surface area (Å²) in [7, 11) is 0. The zero-order valence-electron chi connectivity index (χ0n) is 10.1. The summed E-state index contributed by atoms with van der Waals surface area (Å²) >= 11 is 7.05. The van der Waals surface area contributed by atoms with Crippen LogP contribution in [0, 0.1) is 0 Å². The summed E-state index contributed by atoms with van der Waals surface area (Å²) in [6.45, 7) is 4.96. The fraction of sp³-hybridized carbons (Fsp3) is 0.364. The van der Waals surface area contributed by atoms with Crippen molar-refractivity contribution in [1.29, 1.82) is 0 Å². The third-order valence-electron chi connectivity index (χ3n) is 2.54. The van der Waals surface area contributed by atoms with Crippen LogP contribution in [0.2, 0.25) is 0 Å². The predicted molar refractivity (Wildman–Crippen MR) is 76.6 cm³/mol. The van der Waals surface area contributed by atoms with E-state index in [9.17, 15) is 0 Å². The molecule has 0 fully saturated rings. The van der Waals surface area contributed by atoms with Gasteiger partial charge >= 0.3 is 0 Å². The van der Waals surface area contributed by atoms with Crippen LogP contribution < -0.4 is 5.32 Å². The van der Waals surface area contributed by atoms with Crippen LogP contribution in [0.1, 0.15) is 25.7 Å². The Morgan fingerprint density at radius 2 is 2.00 bits per heavy atom. The van der Waals surface area contributed by atoms with Crippen molar-refractivity contribution in [2.75, 3.05) is 6.54 Å². The molecule has 0 saturated heterocycles. The number of hydrogen-bond donors (Lipinski definition) is 1. The van der Waals surface area contributed by atoms with Crippen LogP contribution in [-0.2, 0) is 0 Å². The van der Waals surface area contributed by atoms with E-state index in [-0.39, 0.29) is 6.04 Å². The van der Waals surface area contributed by atoms with E-state index in [4.69, 9.17) is 0 Å². The van der Waals surface area contributed by atoms with E-state index >= 15 is 0 Å². The minimum atomic E-state index is 0.0870. The van der Waals surface area contributed by atoms with Crippen LogP contribution in [0.5, 0.6) is 0 Å². The summed E-state index contributed by atoms with van der Waals surface area (Å²) in [6, 6.07) is 5.96. The van der Waals surface area contributed by atoms with Gasteiger partial charge in [-0.25, -0.2) is 0 Å². The smallest absolute Gasteiger partial charge is 0.173 e. The quantitative estimate of drug-likeness (QED) is 0.893. The average Bonchev–Trinajstić information content (AvgIpc) is 2.78. The molecule has 1 N–H and O–H groups in total. The molecule has 96 valence electrons. The fourth-order valence-electron chi connectivity index (χ4n) is 1.71. The molecular formula is C11H13Br2N5. The SMILES string of the molecule is CCNC(C)c1nnnn1-c1c(Br)cccc1Br. The number of nitrogens with zero attached hydrogens (tertiary/aromatic N) is 4. The van der Waals surface area contributed by atoms with Gasteiger partial charge in [0.1, 0.15) is 0 Å². The van der Waals surface area contributed by atoms with Crippen molar-refractivity contribution in [3.05, 3.63) is 33.0 Å². The summed E-state index contributed by atoms with van der Waals surface area (Å²) < 4.78 is 3.62. The lowest BCUT2D eigenvalue weighted by Crippen LogP contribution is -2.21. The Morgan fingerprint density at radius 1 is 1.33 bits per heavy atom. The van der Waals surface area contributed by atoms with Gasteiger partial charge in [0.25, 0.3) is 0 Å². The van der Waals surface area contributed by atoms with Crippen LogP contribution in [0.15, 0.2) is 27.1 Å². The lowest BCUT2D eigenvalue weighted by Gasteiger charge is -2.13. The van der Waals surface area contributed by atoms with Crippen LogP contribution in [-0.4, -0.2) is 26.8 Å². The number of nitrogens with one attached hydrogen (secondary N) is 1. The minimum absolute atomic E-state index is 0.0870. The molecule has 1 aromatic heterocycles. The Hall–Kier alpha value is -0.790. The molecule has 1 atom stereocenters. The number of hydrogen-bond acceptors (Lipinski definition) is 4. The fourth-order valence-corrected chi connectivity index (χ4v) is 3.05. The number of para-hydroxylation sites is 1. The summed E-state index contributed by atoms with van der Waals surface area (Å²) in [6.07, 6.45) is 0. The molecule has 1 heterocycles. The maximum absolute atomic E-state index is 4.09. The van der Waals surface area contributed by atoms with Gasteiger partial charge < -0.3 is 5.32 Å². The molecule has 0 aliphatic rings. The van der Waals surface area contributed by atoms with Crippen molar-refractivity contribution in [3.63, 3.8) is 0 Å². The second-order valence-corrected chi connectivity index (χ2v) is 5.51. The number of halogens is 2. The van der Waals surface area contributed by atoms with E-state index in [1.54, 1.807) is 4.68 Å². The maximum atomic E-state index is 4.09. The first-order chi connectivity index (χ1) is 8.65. The molecule has 7 heteroatoms. The van der Waals surface area contributed by atoms with Crippen molar-refractivity contribution in [1.82, 2.24) is 25.5 Å². The molecule has 0 radical (unpaired) electrons. The zero-order chi connectivity index (χ0) is 13.1. The Labute approximate surface area is 122 Å². The molecule has 2 rings (SSSR count). The van der Waals surface area contributed by atoms with Gasteiger partial charge in [-0.1, -0.05) is 13.0 Å². The predicted octanol–water partition coefficient (Wildman–Crippen LogP) is 2.86. The molecule has 1 aromatic carbocycles. The first-order valence-electron chi connectivity index (χ1n) is 5.61. The molecule has 0 bridgehead atoms. The Balaban J connectivity index is 2.49. The Morgan fingerprint density at radius 3 is 2.61 bits per heavy atom. The van der Waals surface area contributed by atoms with E-state index < -0.39 is 0 Å². The summed E-state index contributed by atoms with van der Waals surface area (Å²) in [5, 5.41) is 15.2. The average molecular weight is 375 g/mol. The second kappa shape index (κ2) is 5.90. The second-order valence-electron chi connectivity index (χ2n) is 3.80. The topological polar surface area (TPSA) is 55.6 Å². The molecule has 18 heavy (non-hydrogen) atoms. The summed E-state index contributed by atoms with van der Waals surface area (Å²) in [4.78, 5) is 0. The third-order valence-corrected chi connectivity index (χ3v) is 3.82. The van der Waals surface area contributed by atoms with Crippen molar-refractivity contribution in [3.8, 4) is 5.69 Å². The van der Waals surface area contributed by atoms with E-state index in [0.29, 0.717) is 0 Å². The number of aromatic nitrogens is 4. The van der Waals surface area contributed by atoms with Crippen LogP contribution in [0.25, 0.3) is 5.69 Å². The molecule has 0 amide bonds. The van der Waals surface area contributed by atoms with E-state index in [2.05, 4.69) is 59.6 Å². The normalized spacial score (nSPS) is 12.7. The minimum Gasteiger partial charge on any atom is -0.308 e. The molecule has 5 nitrogen and oxygen atoms in total. The molecule has 0 aliphatic carbocycles. The third kappa shape index (κ3) is 2.62. The summed E-state index contributed by atoms with van der Waals surface area (Å²) in [5.74, 6) is 0.782. The van der Waals surface area contributed by atoms with Crippen molar-refractivity contribution in [2.24, 2.45) is 0 Å². The van der Waals surface area contributed by atoms with Crippen LogP contribution in [0.3, 0.4) is 0 Å². The zero-order valence-corrected chi connectivity index (χ0v) is 13.2. The van der Waals surface area contributed by atoms with Gasteiger partial charge in [0.2, 0.25) is 0 Å². The van der Waals surface area contributed by atoms with Gasteiger partial charge in [-0.15, -0.1) is 5.10 Å². The number of tetrazole rings is 1. The highest BCUT2D eigenvalue weighted by atomic mass is 79.9. The van der Waals surface area contributed by atoms with Gasteiger partial charge in [0.15, 0.2) is 5.82 Å². The van der Waals surface area contributed by atoms with Gasteiger partial charge in [0.05, 0.1) is 11.7 Å². The van der Waals surface area contributed by atoms with Gasteiger partial charge in [-0.05, 0) is 67.9 Å². The first-order valence-corrected chi connectivity index (χ1v) is 7.19. The largest absolute Gasteiger partial charge is 0.308 e. The number of benzene rings is 1. The van der Waals surface area contributed by atoms with E-state index in [1.165, 1.54) is 0 Å². The van der Waals surface area contributed by atoms with Gasteiger partial charge in [-0.2, -0.15) is 4.68 Å². The molecule has 1 unspecified atom stereocenters. The Bertz CT molecular complexity index is 520. The van der Waals surface area contributed by atoms with Gasteiger partial charge in [-0.3, -0.25) is 0 Å². The highest BCUT2D eigenvalue weighted by Crippen LogP contribution is 2.29. The van der Waals surface area contributed by atoms with Gasteiger partial charge in [0, 0.05) is 8.95 Å². The highest BCUT2D eigenvalue weighted by molar-refractivity contribution is 9.11. The molecule has 0 spiro atoms.